The van der Waals surface area contributed by atoms with Crippen LogP contribution in [0.2, 0.25) is 5.02 Å². The number of nitriles is 1. The summed E-state index contributed by atoms with van der Waals surface area (Å²) in [6.45, 7) is 1.73. The molecule has 4 heterocycles. The first kappa shape index (κ1) is 41.6. The van der Waals surface area contributed by atoms with Crippen LogP contribution >= 0.6 is 11.6 Å². The topological polar surface area (TPSA) is 172 Å². The highest BCUT2D eigenvalue weighted by molar-refractivity contribution is 7.90. The van der Waals surface area contributed by atoms with Crippen LogP contribution in [0.5, 0.6) is 17.2 Å². The van der Waals surface area contributed by atoms with Gasteiger partial charge in [-0.1, -0.05) is 23.7 Å². The molecule has 1 amide bonds. The Hall–Kier alpha value is -6.17. The third-order valence-corrected chi connectivity index (χ3v) is 13.2. The number of halogens is 1. The smallest absolute Gasteiger partial charge is 0.274 e. The first-order valence-electron chi connectivity index (χ1n) is 20.5. The Balaban J connectivity index is 0.803. The number of amides is 1. The van der Waals surface area contributed by atoms with Crippen LogP contribution < -0.4 is 25.2 Å². The van der Waals surface area contributed by atoms with E-state index in [2.05, 4.69) is 43.6 Å². The quantitative estimate of drug-likeness (QED) is 0.123. The van der Waals surface area contributed by atoms with E-state index in [1.54, 1.807) is 61.9 Å². The number of hydrogen-bond donors (Lipinski definition) is 2. The number of fused-ring (bicyclic) bond motifs is 1. The molecule has 15 heteroatoms. The molecule has 2 N–H and O–H groups in total. The van der Waals surface area contributed by atoms with Crippen molar-refractivity contribution in [3.05, 3.63) is 123 Å². The van der Waals surface area contributed by atoms with Crippen LogP contribution in [0.3, 0.4) is 0 Å². The number of sulfone groups is 1. The lowest BCUT2D eigenvalue weighted by Crippen LogP contribution is -2.40. The molecule has 1 aliphatic carbocycles. The number of rotatable bonds is 12. The molecule has 0 atom stereocenters. The molecule has 2 aliphatic rings. The number of nitrogens with zero attached hydrogens (tertiary/aromatic N) is 5. The van der Waals surface area contributed by atoms with E-state index in [1.165, 1.54) is 22.5 Å². The summed E-state index contributed by atoms with van der Waals surface area (Å²) < 4.78 is 39.0. The maximum Gasteiger partial charge on any atom is 0.274 e. The predicted octanol–water partition coefficient (Wildman–Crippen LogP) is 8.01. The molecule has 0 unspecified atom stereocenters. The van der Waals surface area contributed by atoms with E-state index in [0.29, 0.717) is 61.5 Å². The van der Waals surface area contributed by atoms with Gasteiger partial charge in [-0.25, -0.2) is 8.42 Å². The van der Waals surface area contributed by atoms with E-state index in [1.807, 2.05) is 18.2 Å². The van der Waals surface area contributed by atoms with Gasteiger partial charge >= 0.3 is 0 Å². The number of nitrogens with one attached hydrogen (secondary N) is 2. The van der Waals surface area contributed by atoms with Gasteiger partial charge in [-0.3, -0.25) is 9.59 Å². The van der Waals surface area contributed by atoms with E-state index in [-0.39, 0.29) is 28.5 Å². The minimum Gasteiger partial charge on any atom is -0.490 e. The molecule has 8 rings (SSSR count). The van der Waals surface area contributed by atoms with Gasteiger partial charge in [-0.15, -0.1) is 10.2 Å². The molecular formula is C46H46ClN7O6S. The third kappa shape index (κ3) is 9.58. The Kier molecular flexibility index (Phi) is 12.1. The van der Waals surface area contributed by atoms with Crippen LogP contribution in [0, 0.1) is 17.2 Å². The summed E-state index contributed by atoms with van der Waals surface area (Å²) in [6, 6.07) is 25.4. The Morgan fingerprint density at radius 1 is 0.934 bits per heavy atom. The number of hydrogen-bond acceptors (Lipinski definition) is 10. The lowest BCUT2D eigenvalue weighted by atomic mass is 9.90. The number of anilines is 1. The first-order valence-corrected chi connectivity index (χ1v) is 22.7. The highest BCUT2D eigenvalue weighted by atomic mass is 35.5. The molecule has 6 aromatic rings. The SMILES string of the molecule is Cn1cc(-c2cc(S(C)(=O)=O)ccc2Oc2ccc(CCC3CCN(c4ccc(C(=O)NC5CCC(Oc6ccc(C#N)c(Cl)c6)CC5)nn4)CC3)cc2)c2cc[nH]c2c1=O. The zero-order valence-corrected chi connectivity index (χ0v) is 35.5. The van der Waals surface area contributed by atoms with Crippen LogP contribution in [0.4, 0.5) is 5.82 Å². The van der Waals surface area contributed by atoms with Crippen LogP contribution in [0.15, 0.2) is 101 Å². The lowest BCUT2D eigenvalue weighted by Gasteiger charge is -2.32. The molecular weight excluding hydrogens is 814 g/mol. The average Bonchev–Trinajstić information content (AvgIpc) is 3.76. The van der Waals surface area contributed by atoms with Gasteiger partial charge in [0.25, 0.3) is 11.5 Å². The van der Waals surface area contributed by atoms with Gasteiger partial charge in [0, 0.05) is 67.4 Å². The summed E-state index contributed by atoms with van der Waals surface area (Å²) in [5.74, 6) is 2.84. The van der Waals surface area contributed by atoms with Gasteiger partial charge in [0.15, 0.2) is 21.3 Å². The number of benzene rings is 3. The van der Waals surface area contributed by atoms with Gasteiger partial charge in [0.1, 0.15) is 28.8 Å². The van der Waals surface area contributed by atoms with Gasteiger partial charge in [-0.2, -0.15) is 5.26 Å². The lowest BCUT2D eigenvalue weighted by molar-refractivity contribution is 0.0888. The van der Waals surface area contributed by atoms with Crippen molar-refractivity contribution in [2.24, 2.45) is 13.0 Å². The molecule has 1 aliphatic heterocycles. The fraction of sp³-hybridized carbons (Fsp3) is 0.326. The van der Waals surface area contributed by atoms with E-state index in [0.717, 1.165) is 70.3 Å². The Labute approximate surface area is 359 Å². The molecule has 1 saturated carbocycles. The molecule has 2 fully saturated rings. The fourth-order valence-electron chi connectivity index (χ4n) is 8.25. The second-order valence-electron chi connectivity index (χ2n) is 16.0. The highest BCUT2D eigenvalue weighted by Crippen LogP contribution is 2.38. The zero-order chi connectivity index (χ0) is 42.7. The molecule has 314 valence electrons. The molecule has 3 aromatic heterocycles. The fourth-order valence-corrected chi connectivity index (χ4v) is 9.11. The van der Waals surface area contributed by atoms with E-state index >= 15 is 0 Å². The predicted molar refractivity (Wildman–Crippen MR) is 234 cm³/mol. The van der Waals surface area contributed by atoms with Crippen molar-refractivity contribution < 1.29 is 22.7 Å². The number of H-pyrrole nitrogens is 1. The molecule has 0 radical (unpaired) electrons. The van der Waals surface area contributed by atoms with E-state index in [9.17, 15) is 18.0 Å². The minimum absolute atomic E-state index is 0.0179. The number of piperidine rings is 1. The Morgan fingerprint density at radius 2 is 1.69 bits per heavy atom. The summed E-state index contributed by atoms with van der Waals surface area (Å²) >= 11 is 6.15. The van der Waals surface area contributed by atoms with Crippen LogP contribution in [0.25, 0.3) is 22.0 Å². The summed E-state index contributed by atoms with van der Waals surface area (Å²) in [4.78, 5) is 31.2. The van der Waals surface area contributed by atoms with E-state index < -0.39 is 9.84 Å². The number of aromatic amines is 1. The van der Waals surface area contributed by atoms with Crippen LogP contribution in [-0.4, -0.2) is 65.6 Å². The average molecular weight is 860 g/mol. The standard InChI is InChI=1S/C46H46ClN7O6S/c1-53-28-39(37-19-22-49-44(37)46(53)56)38-26-36(61(2,57)58)15-17-42(38)60-34-10-5-29(6-11-34)3-4-30-20-23-54(24-21-30)43-18-16-41(51-52-43)45(55)50-32-8-13-33(14-9-32)59-35-12-7-31(27-48)40(47)25-35/h5-7,10-12,15-19,22,25-26,28,30,32-33,49H,3-4,8-9,13-14,20-21,23-24H2,1-2H3,(H,50,55). The summed E-state index contributed by atoms with van der Waals surface area (Å²) in [7, 11) is -1.84. The monoisotopic (exact) mass is 859 g/mol. The second-order valence-corrected chi connectivity index (χ2v) is 18.4. The van der Waals surface area contributed by atoms with Gasteiger partial charge in [0.2, 0.25) is 0 Å². The number of carbonyl (C=O) groups excluding carboxylic acids is 1. The first-order chi connectivity index (χ1) is 29.4. The van der Waals surface area contributed by atoms with E-state index in [4.69, 9.17) is 26.3 Å². The number of aryl methyl sites for hydroxylation is 2. The number of aromatic nitrogens is 4. The zero-order valence-electron chi connectivity index (χ0n) is 33.9. The highest BCUT2D eigenvalue weighted by Gasteiger charge is 2.26. The van der Waals surface area contributed by atoms with Crippen molar-refractivity contribution >= 4 is 44.1 Å². The van der Waals surface area contributed by atoms with Crippen molar-refractivity contribution in [2.75, 3.05) is 24.2 Å². The molecule has 0 bridgehead atoms. The second kappa shape index (κ2) is 17.8. The molecule has 0 spiro atoms. The third-order valence-electron chi connectivity index (χ3n) is 11.8. The van der Waals surface area contributed by atoms with Crippen molar-refractivity contribution in [1.82, 2.24) is 25.1 Å². The Bertz CT molecular complexity index is 2770. The van der Waals surface area contributed by atoms with Gasteiger partial charge < -0.3 is 29.2 Å². The largest absolute Gasteiger partial charge is 0.490 e. The summed E-state index contributed by atoms with van der Waals surface area (Å²) in [5.41, 5.74) is 3.41. The number of ether oxygens (including phenoxy) is 2. The summed E-state index contributed by atoms with van der Waals surface area (Å²) in [5, 5.41) is 22.0. The number of pyridine rings is 1. The van der Waals surface area contributed by atoms with Gasteiger partial charge in [0.05, 0.1) is 21.6 Å². The van der Waals surface area contributed by atoms with Crippen LogP contribution in [0.1, 0.15) is 66.6 Å². The summed E-state index contributed by atoms with van der Waals surface area (Å²) in [6.07, 6.45) is 11.8. The van der Waals surface area contributed by atoms with Crippen molar-refractivity contribution in [3.63, 3.8) is 0 Å². The maximum atomic E-state index is 13.0. The Morgan fingerprint density at radius 3 is 2.38 bits per heavy atom. The van der Waals surface area contributed by atoms with Crippen molar-refractivity contribution in [3.8, 4) is 34.4 Å². The molecule has 61 heavy (non-hydrogen) atoms. The normalized spacial score (nSPS) is 17.2. The minimum atomic E-state index is -3.50. The molecule has 13 nitrogen and oxygen atoms in total. The number of carbonyl (C=O) groups is 1. The molecule has 1 saturated heterocycles. The van der Waals surface area contributed by atoms with Crippen LogP contribution in [-0.2, 0) is 23.3 Å². The maximum absolute atomic E-state index is 13.0. The van der Waals surface area contributed by atoms with Crippen molar-refractivity contribution in [2.45, 2.75) is 68.4 Å². The van der Waals surface area contributed by atoms with Gasteiger partial charge in [-0.05, 0) is 124 Å². The molecule has 3 aromatic carbocycles. The van der Waals surface area contributed by atoms with Crippen molar-refractivity contribution in [1.29, 1.82) is 5.26 Å².